The molecule has 3 nitrogen and oxygen atoms in total. The third-order valence-electron chi connectivity index (χ3n) is 2.00. The van der Waals surface area contributed by atoms with E-state index in [4.69, 9.17) is 0 Å². The molecule has 0 spiro atoms. The van der Waals surface area contributed by atoms with Crippen LogP contribution in [0, 0.1) is 0 Å². The number of para-hydroxylation sites is 1. The molecule has 88 valence electrons. The average molecular weight is 238 g/mol. The lowest BCUT2D eigenvalue weighted by Gasteiger charge is -2.09. The summed E-state index contributed by atoms with van der Waals surface area (Å²) in [5.41, 5.74) is 0.900. The number of carbonyl (C=O) groups is 1. The molecular weight excluding hydrogens is 220 g/mol. The van der Waals surface area contributed by atoms with Crippen molar-refractivity contribution in [3.63, 3.8) is 0 Å². The highest BCUT2D eigenvalue weighted by molar-refractivity contribution is 7.99. The second-order valence-corrected chi connectivity index (χ2v) is 4.56. The van der Waals surface area contributed by atoms with Crippen LogP contribution in [-0.2, 0) is 4.79 Å². The lowest BCUT2D eigenvalue weighted by molar-refractivity contribution is -0.115. The first kappa shape index (κ1) is 13.1. The van der Waals surface area contributed by atoms with Gasteiger partial charge in [0.25, 0.3) is 0 Å². The van der Waals surface area contributed by atoms with Gasteiger partial charge in [0, 0.05) is 4.90 Å². The van der Waals surface area contributed by atoms with E-state index in [2.05, 4.69) is 17.6 Å². The minimum absolute atomic E-state index is 0.00556. The van der Waals surface area contributed by atoms with Gasteiger partial charge in [-0.2, -0.15) is 0 Å². The number of rotatable bonds is 6. The van der Waals surface area contributed by atoms with Gasteiger partial charge in [0.1, 0.15) is 0 Å². The number of anilines is 1. The number of carbonyl (C=O) groups excluding carboxylic acids is 1. The molecule has 16 heavy (non-hydrogen) atoms. The number of nitrogens with one attached hydrogen (secondary N) is 2. The molecule has 0 atom stereocenters. The molecule has 1 rings (SSSR count). The molecule has 0 heterocycles. The van der Waals surface area contributed by atoms with Gasteiger partial charge in [0.15, 0.2) is 0 Å². The summed E-state index contributed by atoms with van der Waals surface area (Å²) in [4.78, 5) is 12.7. The second-order valence-electron chi connectivity index (χ2n) is 3.26. The zero-order valence-electron chi connectivity index (χ0n) is 9.75. The molecule has 2 N–H and O–H groups in total. The number of benzene rings is 1. The Morgan fingerprint density at radius 3 is 2.75 bits per heavy atom. The Morgan fingerprint density at radius 1 is 1.31 bits per heavy atom. The summed E-state index contributed by atoms with van der Waals surface area (Å²) >= 11 is 1.73. The van der Waals surface area contributed by atoms with Crippen LogP contribution in [0.5, 0.6) is 0 Å². The normalized spacial score (nSPS) is 10.1. The first-order valence-electron chi connectivity index (χ1n) is 5.50. The largest absolute Gasteiger partial charge is 0.324 e. The summed E-state index contributed by atoms with van der Waals surface area (Å²) < 4.78 is 0. The van der Waals surface area contributed by atoms with E-state index in [1.165, 1.54) is 0 Å². The zero-order valence-corrected chi connectivity index (χ0v) is 10.6. The van der Waals surface area contributed by atoms with E-state index in [9.17, 15) is 4.79 Å². The third kappa shape index (κ3) is 4.24. The molecule has 1 aromatic carbocycles. The first-order valence-corrected chi connectivity index (χ1v) is 6.48. The Kier molecular flexibility index (Phi) is 5.96. The molecule has 0 unspecified atom stereocenters. The van der Waals surface area contributed by atoms with Crippen LogP contribution >= 0.6 is 11.8 Å². The van der Waals surface area contributed by atoms with Crippen molar-refractivity contribution < 1.29 is 4.79 Å². The lowest BCUT2D eigenvalue weighted by atomic mass is 10.3. The highest BCUT2D eigenvalue weighted by Gasteiger charge is 2.05. The van der Waals surface area contributed by atoms with Crippen LogP contribution in [0.2, 0.25) is 0 Å². The van der Waals surface area contributed by atoms with Gasteiger partial charge in [-0.05, 0) is 24.4 Å². The van der Waals surface area contributed by atoms with Crippen LogP contribution in [0.25, 0.3) is 0 Å². The van der Waals surface area contributed by atoms with Gasteiger partial charge in [-0.1, -0.05) is 26.0 Å². The number of likely N-dealkylation sites (N-methyl/N-ethyl adjacent to an activating group) is 1. The minimum Gasteiger partial charge on any atom is -0.324 e. The molecule has 1 aromatic rings. The van der Waals surface area contributed by atoms with Crippen molar-refractivity contribution in [2.75, 3.05) is 24.2 Å². The molecule has 0 aliphatic rings. The van der Waals surface area contributed by atoms with Crippen molar-refractivity contribution in [3.05, 3.63) is 24.3 Å². The molecule has 0 aromatic heterocycles. The number of hydrogen-bond acceptors (Lipinski definition) is 3. The van der Waals surface area contributed by atoms with Crippen LogP contribution in [0.15, 0.2) is 29.2 Å². The summed E-state index contributed by atoms with van der Waals surface area (Å²) in [6, 6.07) is 7.87. The minimum atomic E-state index is 0.00556. The van der Waals surface area contributed by atoms with Gasteiger partial charge in [-0.3, -0.25) is 4.79 Å². The van der Waals surface area contributed by atoms with Crippen LogP contribution in [0.1, 0.15) is 13.8 Å². The molecule has 0 aliphatic carbocycles. The van der Waals surface area contributed by atoms with Crippen LogP contribution < -0.4 is 10.6 Å². The monoisotopic (exact) mass is 238 g/mol. The fourth-order valence-electron chi connectivity index (χ4n) is 1.28. The van der Waals surface area contributed by atoms with Gasteiger partial charge in [0.05, 0.1) is 12.2 Å². The van der Waals surface area contributed by atoms with Crippen molar-refractivity contribution in [1.29, 1.82) is 0 Å². The number of hydrogen-bond donors (Lipinski definition) is 2. The molecule has 0 saturated heterocycles. The molecule has 0 radical (unpaired) electrons. The van der Waals surface area contributed by atoms with E-state index in [-0.39, 0.29) is 5.91 Å². The molecule has 0 saturated carbocycles. The molecule has 1 amide bonds. The Hall–Kier alpha value is -1.00. The van der Waals surface area contributed by atoms with Crippen molar-refractivity contribution >= 4 is 23.4 Å². The highest BCUT2D eigenvalue weighted by Crippen LogP contribution is 2.26. The highest BCUT2D eigenvalue weighted by atomic mass is 32.2. The van der Waals surface area contributed by atoms with Gasteiger partial charge in [-0.25, -0.2) is 0 Å². The topological polar surface area (TPSA) is 41.1 Å². The van der Waals surface area contributed by atoms with E-state index in [1.807, 2.05) is 31.2 Å². The van der Waals surface area contributed by atoms with E-state index in [1.54, 1.807) is 11.8 Å². The van der Waals surface area contributed by atoms with Crippen LogP contribution in [0.3, 0.4) is 0 Å². The van der Waals surface area contributed by atoms with E-state index in [0.717, 1.165) is 22.9 Å². The quantitative estimate of drug-likeness (QED) is 0.747. The van der Waals surface area contributed by atoms with Crippen molar-refractivity contribution in [2.24, 2.45) is 0 Å². The molecular formula is C12H18N2OS. The maximum Gasteiger partial charge on any atom is 0.238 e. The van der Waals surface area contributed by atoms with E-state index < -0.39 is 0 Å². The zero-order chi connectivity index (χ0) is 11.8. The predicted molar refractivity (Wildman–Crippen MR) is 70.0 cm³/mol. The fraction of sp³-hybridized carbons (Fsp3) is 0.417. The van der Waals surface area contributed by atoms with Gasteiger partial charge in [0.2, 0.25) is 5.91 Å². The molecule has 0 aliphatic heterocycles. The summed E-state index contributed by atoms with van der Waals surface area (Å²) in [7, 11) is 0. The Labute approximate surface area is 101 Å². The Balaban J connectivity index is 2.61. The first-order chi connectivity index (χ1) is 7.77. The SMILES string of the molecule is CCNCC(=O)Nc1ccccc1SCC. The Morgan fingerprint density at radius 2 is 2.06 bits per heavy atom. The summed E-state index contributed by atoms with van der Waals surface area (Å²) in [5, 5.41) is 5.91. The fourth-order valence-corrected chi connectivity index (χ4v) is 2.04. The average Bonchev–Trinajstić information content (AvgIpc) is 2.29. The van der Waals surface area contributed by atoms with Crippen molar-refractivity contribution in [1.82, 2.24) is 5.32 Å². The Bertz CT molecular complexity index is 342. The second kappa shape index (κ2) is 7.30. The van der Waals surface area contributed by atoms with Crippen LogP contribution in [-0.4, -0.2) is 24.7 Å². The maximum absolute atomic E-state index is 11.5. The number of amides is 1. The maximum atomic E-state index is 11.5. The molecule has 4 heteroatoms. The van der Waals surface area contributed by atoms with Crippen molar-refractivity contribution in [3.8, 4) is 0 Å². The van der Waals surface area contributed by atoms with Gasteiger partial charge < -0.3 is 10.6 Å². The number of thioether (sulfide) groups is 1. The van der Waals surface area contributed by atoms with E-state index >= 15 is 0 Å². The summed E-state index contributed by atoms with van der Waals surface area (Å²) in [6.45, 7) is 5.25. The van der Waals surface area contributed by atoms with Crippen LogP contribution in [0.4, 0.5) is 5.69 Å². The smallest absolute Gasteiger partial charge is 0.238 e. The van der Waals surface area contributed by atoms with Crippen molar-refractivity contribution in [2.45, 2.75) is 18.7 Å². The molecule has 0 fully saturated rings. The third-order valence-corrected chi connectivity index (χ3v) is 2.95. The summed E-state index contributed by atoms with van der Waals surface area (Å²) in [6.07, 6.45) is 0. The van der Waals surface area contributed by atoms with Gasteiger partial charge in [-0.15, -0.1) is 11.8 Å². The standard InChI is InChI=1S/C12H18N2OS/c1-3-13-9-12(15)14-10-7-5-6-8-11(10)16-4-2/h5-8,13H,3-4,9H2,1-2H3,(H,14,15). The summed E-state index contributed by atoms with van der Waals surface area (Å²) in [5.74, 6) is 1.01. The van der Waals surface area contributed by atoms with E-state index in [0.29, 0.717) is 6.54 Å². The molecule has 0 bridgehead atoms. The van der Waals surface area contributed by atoms with Gasteiger partial charge >= 0.3 is 0 Å². The predicted octanol–water partition coefficient (Wildman–Crippen LogP) is 2.35. The lowest BCUT2D eigenvalue weighted by Crippen LogP contribution is -2.27.